The number of hydrogen-bond acceptors (Lipinski definition) is 8. The van der Waals surface area contributed by atoms with Gasteiger partial charge in [0.1, 0.15) is 6.33 Å². The number of nitrogens with zero attached hydrogens (tertiary/aromatic N) is 7. The van der Waals surface area contributed by atoms with Crippen LogP contribution in [-0.2, 0) is 0 Å². The summed E-state index contributed by atoms with van der Waals surface area (Å²) in [5.74, 6) is 1.20. The van der Waals surface area contributed by atoms with Crippen LogP contribution >= 0.6 is 0 Å². The van der Waals surface area contributed by atoms with Crippen LogP contribution in [-0.4, -0.2) is 78.4 Å². The minimum atomic E-state index is -0.0870. The van der Waals surface area contributed by atoms with E-state index < -0.39 is 0 Å². The van der Waals surface area contributed by atoms with Gasteiger partial charge in [-0.15, -0.1) is 10.2 Å². The third-order valence-electron chi connectivity index (χ3n) is 5.04. The molecule has 0 aliphatic carbocycles. The zero-order valence-corrected chi connectivity index (χ0v) is 16.7. The van der Waals surface area contributed by atoms with E-state index in [4.69, 9.17) is 4.74 Å². The van der Waals surface area contributed by atoms with E-state index in [1.165, 1.54) is 6.33 Å². The highest BCUT2D eigenvalue weighted by molar-refractivity contribution is 5.92. The summed E-state index contributed by atoms with van der Waals surface area (Å²) in [5, 5.41) is 9.05. The molecule has 29 heavy (non-hydrogen) atoms. The van der Waals surface area contributed by atoms with Gasteiger partial charge in [0.2, 0.25) is 5.88 Å². The van der Waals surface area contributed by atoms with Crippen molar-refractivity contribution >= 4 is 28.3 Å². The van der Waals surface area contributed by atoms with Crippen molar-refractivity contribution in [1.82, 2.24) is 25.1 Å². The number of carbonyl (C=O) groups excluding carboxylic acids is 1. The maximum absolute atomic E-state index is 12.7. The first-order valence-corrected chi connectivity index (χ1v) is 9.41. The molecular formula is C20H23N7O2. The van der Waals surface area contributed by atoms with Crippen LogP contribution in [0.2, 0.25) is 0 Å². The van der Waals surface area contributed by atoms with Crippen molar-refractivity contribution in [2.45, 2.75) is 0 Å². The van der Waals surface area contributed by atoms with Gasteiger partial charge in [0.25, 0.3) is 5.91 Å². The molecule has 2 aromatic heterocycles. The normalized spacial score (nSPS) is 14.2. The lowest BCUT2D eigenvalue weighted by molar-refractivity contribution is 0.0739. The fraction of sp³-hybridized carbons (Fsp3) is 0.350. The first-order valence-electron chi connectivity index (χ1n) is 9.41. The molecule has 0 atom stereocenters. The fourth-order valence-electron chi connectivity index (χ4n) is 3.39. The summed E-state index contributed by atoms with van der Waals surface area (Å²) in [4.78, 5) is 27.1. The van der Waals surface area contributed by atoms with Crippen LogP contribution in [0.5, 0.6) is 5.88 Å². The number of anilines is 2. The molecule has 3 aromatic rings. The summed E-state index contributed by atoms with van der Waals surface area (Å²) in [6, 6.07) is 9.58. The second-order valence-corrected chi connectivity index (χ2v) is 7.03. The smallest absolute Gasteiger partial charge is 0.274 e. The molecule has 0 radical (unpaired) electrons. The third-order valence-corrected chi connectivity index (χ3v) is 5.04. The molecule has 0 N–H and O–H groups in total. The molecule has 9 nitrogen and oxygen atoms in total. The van der Waals surface area contributed by atoms with Gasteiger partial charge in [0, 0.05) is 46.0 Å². The van der Waals surface area contributed by atoms with Crippen LogP contribution in [0.1, 0.15) is 10.5 Å². The number of methoxy groups -OCH3 is 1. The summed E-state index contributed by atoms with van der Waals surface area (Å²) >= 11 is 0. The average molecular weight is 393 g/mol. The Morgan fingerprint density at radius 2 is 1.83 bits per heavy atom. The molecule has 1 aliphatic heterocycles. The Hall–Kier alpha value is -3.49. The van der Waals surface area contributed by atoms with E-state index in [1.54, 1.807) is 19.2 Å². The van der Waals surface area contributed by atoms with Crippen LogP contribution in [0.3, 0.4) is 0 Å². The largest absolute Gasteiger partial charge is 0.480 e. The molecular weight excluding hydrogens is 370 g/mol. The van der Waals surface area contributed by atoms with Gasteiger partial charge in [-0.2, -0.15) is 0 Å². The number of benzene rings is 1. The lowest BCUT2D eigenvalue weighted by atomic mass is 10.2. The zero-order valence-electron chi connectivity index (χ0n) is 16.7. The number of fused-ring (bicyclic) bond motifs is 1. The van der Waals surface area contributed by atoms with E-state index in [1.807, 2.05) is 42.1 Å². The zero-order chi connectivity index (χ0) is 20.4. The second kappa shape index (κ2) is 7.86. The van der Waals surface area contributed by atoms with Gasteiger partial charge in [-0.3, -0.25) is 4.79 Å². The number of carbonyl (C=O) groups is 1. The molecule has 9 heteroatoms. The highest BCUT2D eigenvalue weighted by atomic mass is 16.5. The summed E-state index contributed by atoms with van der Waals surface area (Å²) in [7, 11) is 5.38. The van der Waals surface area contributed by atoms with Gasteiger partial charge in [-0.1, -0.05) is 0 Å². The van der Waals surface area contributed by atoms with Gasteiger partial charge in [-0.05, 0) is 30.3 Å². The summed E-state index contributed by atoms with van der Waals surface area (Å²) in [6.07, 6.45) is 1.50. The highest BCUT2D eigenvalue weighted by Gasteiger charge is 2.24. The Kier molecular flexibility index (Phi) is 5.11. The number of ether oxygens (including phenoxy) is 1. The van der Waals surface area contributed by atoms with Crippen molar-refractivity contribution in [2.75, 3.05) is 57.2 Å². The fourth-order valence-corrected chi connectivity index (χ4v) is 3.39. The standard InChI is InChI=1S/C20H23N7O2/c1-25(2)18-7-6-17(23-24-18)20(28)27-10-8-26(9-11-27)14-4-5-16-15(12-14)19(29-3)22-13-21-16/h4-7,12-13H,8-11H2,1-3H3. The minimum absolute atomic E-state index is 0.0870. The van der Waals surface area contributed by atoms with Gasteiger partial charge >= 0.3 is 0 Å². The van der Waals surface area contributed by atoms with E-state index in [-0.39, 0.29) is 5.91 Å². The van der Waals surface area contributed by atoms with Crippen molar-refractivity contribution in [3.63, 3.8) is 0 Å². The predicted molar refractivity (Wildman–Crippen MR) is 111 cm³/mol. The van der Waals surface area contributed by atoms with Gasteiger partial charge in [-0.25, -0.2) is 9.97 Å². The van der Waals surface area contributed by atoms with Crippen molar-refractivity contribution in [2.24, 2.45) is 0 Å². The van der Waals surface area contributed by atoms with Crippen LogP contribution in [0.25, 0.3) is 10.9 Å². The first kappa shape index (κ1) is 18.9. The van der Waals surface area contributed by atoms with Crippen molar-refractivity contribution in [1.29, 1.82) is 0 Å². The monoisotopic (exact) mass is 393 g/mol. The molecule has 1 saturated heterocycles. The molecule has 0 bridgehead atoms. The molecule has 3 heterocycles. The van der Waals surface area contributed by atoms with Crippen molar-refractivity contribution < 1.29 is 9.53 Å². The Balaban J connectivity index is 1.45. The van der Waals surface area contributed by atoms with Crippen LogP contribution in [0, 0.1) is 0 Å². The molecule has 0 unspecified atom stereocenters. The lowest BCUT2D eigenvalue weighted by Crippen LogP contribution is -2.49. The Labute approximate surface area is 168 Å². The third kappa shape index (κ3) is 3.75. The predicted octanol–water partition coefficient (Wildman–Crippen LogP) is 1.46. The van der Waals surface area contributed by atoms with E-state index in [9.17, 15) is 4.79 Å². The summed E-state index contributed by atoms with van der Waals surface area (Å²) < 4.78 is 5.35. The molecule has 150 valence electrons. The Morgan fingerprint density at radius 1 is 1.03 bits per heavy atom. The van der Waals surface area contributed by atoms with Crippen molar-refractivity contribution in [3.8, 4) is 5.88 Å². The Bertz CT molecular complexity index is 1020. The topological polar surface area (TPSA) is 87.6 Å². The lowest BCUT2D eigenvalue weighted by Gasteiger charge is -2.36. The number of piperazine rings is 1. The molecule has 1 aromatic carbocycles. The van der Waals surface area contributed by atoms with Crippen LogP contribution in [0.15, 0.2) is 36.7 Å². The molecule has 0 saturated carbocycles. The number of amides is 1. The van der Waals surface area contributed by atoms with Gasteiger partial charge < -0.3 is 19.4 Å². The van der Waals surface area contributed by atoms with Gasteiger partial charge in [0.15, 0.2) is 11.5 Å². The summed E-state index contributed by atoms with van der Waals surface area (Å²) in [5.41, 5.74) is 2.28. The van der Waals surface area contributed by atoms with Crippen LogP contribution in [0.4, 0.5) is 11.5 Å². The SMILES string of the molecule is COc1ncnc2ccc(N3CCN(C(=O)c4ccc(N(C)C)nn4)CC3)cc12. The molecule has 0 spiro atoms. The second-order valence-electron chi connectivity index (χ2n) is 7.03. The van der Waals surface area contributed by atoms with E-state index in [2.05, 4.69) is 25.1 Å². The minimum Gasteiger partial charge on any atom is -0.480 e. The number of hydrogen-bond donors (Lipinski definition) is 0. The Morgan fingerprint density at radius 3 is 2.48 bits per heavy atom. The molecule has 4 rings (SSSR count). The maximum Gasteiger partial charge on any atom is 0.274 e. The number of rotatable bonds is 4. The molecule has 1 amide bonds. The maximum atomic E-state index is 12.7. The van der Waals surface area contributed by atoms with Crippen molar-refractivity contribution in [3.05, 3.63) is 42.4 Å². The first-order chi connectivity index (χ1) is 14.1. The number of aromatic nitrogens is 4. The van der Waals surface area contributed by atoms with Gasteiger partial charge in [0.05, 0.1) is 18.0 Å². The molecule has 1 aliphatic rings. The average Bonchev–Trinajstić information content (AvgIpc) is 2.78. The summed E-state index contributed by atoms with van der Waals surface area (Å²) in [6.45, 7) is 2.71. The highest BCUT2D eigenvalue weighted by Crippen LogP contribution is 2.27. The van der Waals surface area contributed by atoms with E-state index in [0.29, 0.717) is 24.7 Å². The molecule has 1 fully saturated rings. The van der Waals surface area contributed by atoms with Crippen LogP contribution < -0.4 is 14.5 Å². The van der Waals surface area contributed by atoms with E-state index >= 15 is 0 Å². The quantitative estimate of drug-likeness (QED) is 0.658. The van der Waals surface area contributed by atoms with E-state index in [0.717, 1.165) is 35.5 Å².